The Bertz CT molecular complexity index is 763. The molecule has 0 unspecified atom stereocenters. The number of aromatic hydroxyl groups is 1. The number of aromatic nitrogens is 2. The van der Waals surface area contributed by atoms with Crippen LogP contribution in [-0.4, -0.2) is 14.7 Å². The summed E-state index contributed by atoms with van der Waals surface area (Å²) in [6.07, 6.45) is 2.01. The van der Waals surface area contributed by atoms with E-state index in [-0.39, 0.29) is 5.75 Å². The number of phenols is 1. The Morgan fingerprint density at radius 1 is 1.14 bits per heavy atom. The molecule has 0 atom stereocenters. The van der Waals surface area contributed by atoms with Crippen LogP contribution in [0.5, 0.6) is 5.75 Å². The van der Waals surface area contributed by atoms with Gasteiger partial charge in [0.1, 0.15) is 11.6 Å². The average Bonchev–Trinajstić information content (AvgIpc) is 2.82. The zero-order valence-corrected chi connectivity index (χ0v) is 12.4. The minimum atomic E-state index is 0.242. The van der Waals surface area contributed by atoms with Gasteiger partial charge >= 0.3 is 0 Å². The summed E-state index contributed by atoms with van der Waals surface area (Å²) in [7, 11) is 0. The highest BCUT2D eigenvalue weighted by atomic mass is 35.5. The Morgan fingerprint density at radius 3 is 2.62 bits per heavy atom. The molecule has 1 aromatic heterocycles. The van der Waals surface area contributed by atoms with Gasteiger partial charge in [0.05, 0.1) is 5.69 Å². The van der Waals surface area contributed by atoms with E-state index in [1.807, 2.05) is 49.5 Å². The summed E-state index contributed by atoms with van der Waals surface area (Å²) < 4.78 is 2.08. The first-order valence-corrected chi connectivity index (χ1v) is 7.07. The second kappa shape index (κ2) is 5.62. The van der Waals surface area contributed by atoms with Gasteiger partial charge in [0.25, 0.3) is 0 Å². The summed E-state index contributed by atoms with van der Waals surface area (Å²) in [5.41, 5.74) is 3.00. The summed E-state index contributed by atoms with van der Waals surface area (Å²) in [5.74, 6) is 1.09. The van der Waals surface area contributed by atoms with Gasteiger partial charge in [-0.15, -0.1) is 0 Å². The highest BCUT2D eigenvalue weighted by Gasteiger charge is 2.09. The van der Waals surface area contributed by atoms with Crippen molar-refractivity contribution in [3.05, 3.63) is 71.0 Å². The number of nitrogens with zero attached hydrogens (tertiary/aromatic N) is 2. The van der Waals surface area contributed by atoms with E-state index < -0.39 is 0 Å². The van der Waals surface area contributed by atoms with E-state index in [4.69, 9.17) is 11.6 Å². The number of imidazole rings is 1. The minimum Gasteiger partial charge on any atom is -0.508 e. The van der Waals surface area contributed by atoms with Crippen LogP contribution in [0, 0.1) is 6.92 Å². The molecule has 0 aliphatic carbocycles. The maximum atomic E-state index is 9.64. The highest BCUT2D eigenvalue weighted by molar-refractivity contribution is 6.30. The third kappa shape index (κ3) is 3.09. The molecule has 3 nitrogen and oxygen atoms in total. The molecule has 0 amide bonds. The van der Waals surface area contributed by atoms with Crippen molar-refractivity contribution in [2.75, 3.05) is 0 Å². The van der Waals surface area contributed by atoms with Gasteiger partial charge in [-0.25, -0.2) is 4.98 Å². The third-order valence-electron chi connectivity index (χ3n) is 3.27. The molecule has 0 aliphatic heterocycles. The molecule has 0 saturated carbocycles. The molecule has 21 heavy (non-hydrogen) atoms. The molecule has 0 bridgehead atoms. The van der Waals surface area contributed by atoms with Crippen molar-refractivity contribution in [1.29, 1.82) is 0 Å². The maximum absolute atomic E-state index is 9.64. The fraction of sp³-hybridized carbons (Fsp3) is 0.118. The predicted octanol–water partition coefficient (Wildman–Crippen LogP) is 4.27. The largest absolute Gasteiger partial charge is 0.508 e. The van der Waals surface area contributed by atoms with E-state index >= 15 is 0 Å². The Hall–Kier alpha value is -2.26. The van der Waals surface area contributed by atoms with Gasteiger partial charge in [0, 0.05) is 23.3 Å². The number of aryl methyl sites for hydroxylation is 1. The van der Waals surface area contributed by atoms with Crippen LogP contribution in [-0.2, 0) is 6.54 Å². The van der Waals surface area contributed by atoms with Crippen LogP contribution in [0.1, 0.15) is 11.3 Å². The van der Waals surface area contributed by atoms with Gasteiger partial charge in [-0.05, 0) is 36.8 Å². The molecule has 4 heteroatoms. The second-order valence-corrected chi connectivity index (χ2v) is 5.45. The van der Waals surface area contributed by atoms with Crippen molar-refractivity contribution in [1.82, 2.24) is 9.55 Å². The van der Waals surface area contributed by atoms with Gasteiger partial charge in [-0.3, -0.25) is 0 Å². The quantitative estimate of drug-likeness (QED) is 0.784. The van der Waals surface area contributed by atoms with Crippen molar-refractivity contribution >= 4 is 11.6 Å². The van der Waals surface area contributed by atoms with Crippen molar-refractivity contribution in [3.63, 3.8) is 0 Å². The number of halogens is 1. The minimum absolute atomic E-state index is 0.242. The van der Waals surface area contributed by atoms with Gasteiger partial charge in [0.2, 0.25) is 0 Å². The standard InChI is InChI=1S/C17H15ClN2O/c1-12-10-20(11-13-5-7-15(18)8-6-13)17(19-12)14-3-2-4-16(21)9-14/h2-10,21H,11H2,1H3. The lowest BCUT2D eigenvalue weighted by atomic mass is 10.2. The van der Waals surface area contributed by atoms with Crippen LogP contribution in [0.25, 0.3) is 11.4 Å². The van der Waals surface area contributed by atoms with Crippen LogP contribution in [0.4, 0.5) is 0 Å². The Morgan fingerprint density at radius 2 is 1.90 bits per heavy atom. The first-order valence-electron chi connectivity index (χ1n) is 6.69. The zero-order valence-electron chi connectivity index (χ0n) is 11.6. The van der Waals surface area contributed by atoms with Crippen LogP contribution < -0.4 is 0 Å². The topological polar surface area (TPSA) is 38.0 Å². The zero-order chi connectivity index (χ0) is 14.8. The van der Waals surface area contributed by atoms with E-state index in [1.165, 1.54) is 0 Å². The van der Waals surface area contributed by atoms with Crippen LogP contribution in [0.15, 0.2) is 54.7 Å². The number of rotatable bonds is 3. The second-order valence-electron chi connectivity index (χ2n) is 5.01. The molecule has 1 N–H and O–H groups in total. The Kier molecular flexibility index (Phi) is 3.67. The Balaban J connectivity index is 1.98. The van der Waals surface area contributed by atoms with Crippen LogP contribution >= 0.6 is 11.6 Å². The maximum Gasteiger partial charge on any atom is 0.140 e. The van der Waals surface area contributed by atoms with Gasteiger partial charge in [0.15, 0.2) is 0 Å². The number of hydrogen-bond donors (Lipinski definition) is 1. The molecular formula is C17H15ClN2O. The molecule has 0 saturated heterocycles. The van der Waals surface area contributed by atoms with Crippen LogP contribution in [0.2, 0.25) is 5.02 Å². The molecule has 0 radical (unpaired) electrons. The van der Waals surface area contributed by atoms with Gasteiger partial charge in [-0.1, -0.05) is 35.9 Å². The number of benzene rings is 2. The lowest BCUT2D eigenvalue weighted by Crippen LogP contribution is -2.00. The first-order chi connectivity index (χ1) is 10.1. The van der Waals surface area contributed by atoms with E-state index in [1.54, 1.807) is 12.1 Å². The molecule has 0 fully saturated rings. The molecule has 3 rings (SSSR count). The number of hydrogen-bond acceptors (Lipinski definition) is 2. The number of phenolic OH excluding ortho intramolecular Hbond substituents is 1. The van der Waals surface area contributed by atoms with Gasteiger partial charge in [-0.2, -0.15) is 0 Å². The SMILES string of the molecule is Cc1cn(Cc2ccc(Cl)cc2)c(-c2cccc(O)c2)n1. The molecule has 3 aromatic rings. The van der Waals surface area contributed by atoms with E-state index in [9.17, 15) is 5.11 Å². The summed E-state index contributed by atoms with van der Waals surface area (Å²) in [5, 5.41) is 10.4. The molecule has 106 valence electrons. The molecular weight excluding hydrogens is 284 g/mol. The van der Waals surface area contributed by atoms with Crippen molar-refractivity contribution in [2.45, 2.75) is 13.5 Å². The average molecular weight is 299 g/mol. The lowest BCUT2D eigenvalue weighted by Gasteiger charge is -2.08. The van der Waals surface area contributed by atoms with Crippen molar-refractivity contribution < 1.29 is 5.11 Å². The van der Waals surface area contributed by atoms with E-state index in [2.05, 4.69) is 9.55 Å². The van der Waals surface area contributed by atoms with Gasteiger partial charge < -0.3 is 9.67 Å². The fourth-order valence-electron chi connectivity index (χ4n) is 2.33. The third-order valence-corrected chi connectivity index (χ3v) is 3.52. The molecule has 2 aromatic carbocycles. The molecule has 0 spiro atoms. The van der Waals surface area contributed by atoms with E-state index in [0.717, 1.165) is 27.7 Å². The van der Waals surface area contributed by atoms with E-state index in [0.29, 0.717) is 6.54 Å². The fourth-order valence-corrected chi connectivity index (χ4v) is 2.46. The smallest absolute Gasteiger partial charge is 0.140 e. The van der Waals surface area contributed by atoms with Crippen molar-refractivity contribution in [3.8, 4) is 17.1 Å². The predicted molar refractivity (Wildman–Crippen MR) is 84.6 cm³/mol. The molecule has 1 heterocycles. The normalized spacial score (nSPS) is 10.8. The van der Waals surface area contributed by atoms with Crippen LogP contribution in [0.3, 0.4) is 0 Å². The van der Waals surface area contributed by atoms with Crippen molar-refractivity contribution in [2.24, 2.45) is 0 Å². The summed E-state index contributed by atoms with van der Waals surface area (Å²) in [4.78, 5) is 4.56. The highest BCUT2D eigenvalue weighted by Crippen LogP contribution is 2.24. The molecule has 0 aliphatic rings. The summed E-state index contributed by atoms with van der Waals surface area (Å²) in [6.45, 7) is 2.67. The Labute approximate surface area is 128 Å². The monoisotopic (exact) mass is 298 g/mol. The summed E-state index contributed by atoms with van der Waals surface area (Å²) in [6, 6.07) is 14.9. The summed E-state index contributed by atoms with van der Waals surface area (Å²) >= 11 is 5.92. The first kappa shape index (κ1) is 13.7. The lowest BCUT2D eigenvalue weighted by molar-refractivity contribution is 0.475.